The number of benzene rings is 2. The van der Waals surface area contributed by atoms with E-state index in [4.69, 9.17) is 10.5 Å². The monoisotopic (exact) mass is 284 g/mol. The van der Waals surface area contributed by atoms with Gasteiger partial charge in [-0.05, 0) is 36.6 Å². The Morgan fingerprint density at radius 1 is 1.19 bits per heavy atom. The lowest BCUT2D eigenvalue weighted by atomic mass is 10.0. The average Bonchev–Trinajstić information content (AvgIpc) is 2.50. The molecule has 0 saturated heterocycles. The number of rotatable bonds is 4. The van der Waals surface area contributed by atoms with Crippen molar-refractivity contribution < 1.29 is 9.53 Å². The van der Waals surface area contributed by atoms with E-state index in [-0.39, 0.29) is 0 Å². The summed E-state index contributed by atoms with van der Waals surface area (Å²) in [6.45, 7) is 4.12. The predicted molar refractivity (Wildman–Crippen MR) is 86.0 cm³/mol. The Hall–Kier alpha value is -2.49. The number of carbonyl (C=O) groups excluding carboxylic acids is 1. The van der Waals surface area contributed by atoms with E-state index in [0.717, 1.165) is 17.7 Å². The van der Waals surface area contributed by atoms with Gasteiger partial charge in [0, 0.05) is 5.69 Å². The molecule has 0 atom stereocenters. The third-order valence-corrected chi connectivity index (χ3v) is 3.49. The van der Waals surface area contributed by atoms with Crippen molar-refractivity contribution in [1.82, 2.24) is 0 Å². The smallest absolute Gasteiger partial charge is 0.340 e. The number of para-hydroxylation sites is 2. The zero-order valence-corrected chi connectivity index (χ0v) is 12.6. The lowest BCUT2D eigenvalue weighted by Crippen LogP contribution is -2.09. The Morgan fingerprint density at radius 2 is 1.90 bits per heavy atom. The van der Waals surface area contributed by atoms with E-state index in [1.54, 1.807) is 18.2 Å². The van der Waals surface area contributed by atoms with Crippen molar-refractivity contribution in [1.29, 1.82) is 0 Å². The van der Waals surface area contributed by atoms with Gasteiger partial charge in [0.2, 0.25) is 0 Å². The molecule has 0 aliphatic heterocycles. The highest BCUT2D eigenvalue weighted by atomic mass is 16.5. The Bertz CT molecular complexity index is 666. The number of methoxy groups -OCH3 is 1. The van der Waals surface area contributed by atoms with Crippen LogP contribution in [0.15, 0.2) is 36.4 Å². The van der Waals surface area contributed by atoms with Crippen LogP contribution in [0, 0.1) is 6.92 Å². The lowest BCUT2D eigenvalue weighted by Gasteiger charge is -2.17. The predicted octanol–water partition coefficient (Wildman–Crippen LogP) is 3.67. The summed E-state index contributed by atoms with van der Waals surface area (Å²) < 4.78 is 4.82. The number of esters is 1. The summed E-state index contributed by atoms with van der Waals surface area (Å²) in [5, 5.41) is 3.32. The summed E-state index contributed by atoms with van der Waals surface area (Å²) in [6.07, 6.45) is 0.893. The third-order valence-electron chi connectivity index (χ3n) is 3.49. The van der Waals surface area contributed by atoms with Crippen LogP contribution in [0.2, 0.25) is 0 Å². The number of hydrogen-bond donors (Lipinski definition) is 2. The van der Waals surface area contributed by atoms with Crippen LogP contribution in [0.1, 0.15) is 28.4 Å². The van der Waals surface area contributed by atoms with Gasteiger partial charge in [-0.3, -0.25) is 0 Å². The first-order chi connectivity index (χ1) is 10.1. The minimum Gasteiger partial charge on any atom is -0.465 e. The van der Waals surface area contributed by atoms with Gasteiger partial charge < -0.3 is 15.8 Å². The minimum absolute atomic E-state index is 0.406. The summed E-state index contributed by atoms with van der Waals surface area (Å²) in [4.78, 5) is 11.9. The number of nitrogens with two attached hydrogens (primary N) is 1. The third kappa shape index (κ3) is 2.99. The Balaban J connectivity index is 2.52. The van der Waals surface area contributed by atoms with Crippen LogP contribution < -0.4 is 11.1 Å². The largest absolute Gasteiger partial charge is 0.465 e. The van der Waals surface area contributed by atoms with Gasteiger partial charge in [0.05, 0.1) is 24.0 Å². The number of nitrogens with one attached hydrogen (secondary N) is 1. The standard InChI is InChI=1S/C17H20N2O2/c1-4-12-8-5-7-11(2)15(12)19-16-13(17(20)21-3)9-6-10-14(16)18/h5-10,19H,4,18H2,1-3H3. The summed E-state index contributed by atoms with van der Waals surface area (Å²) in [5.74, 6) is -0.406. The van der Waals surface area contributed by atoms with Crippen LogP contribution in [-0.2, 0) is 11.2 Å². The van der Waals surface area contributed by atoms with Crippen LogP contribution in [-0.4, -0.2) is 13.1 Å². The first-order valence-corrected chi connectivity index (χ1v) is 6.90. The number of ether oxygens (including phenoxy) is 1. The SMILES string of the molecule is CCc1cccc(C)c1Nc1c(N)cccc1C(=O)OC. The maximum atomic E-state index is 11.9. The van der Waals surface area contributed by atoms with Gasteiger partial charge in [-0.2, -0.15) is 0 Å². The van der Waals surface area contributed by atoms with Crippen molar-refractivity contribution in [3.8, 4) is 0 Å². The normalized spacial score (nSPS) is 10.2. The molecule has 4 heteroatoms. The van der Waals surface area contributed by atoms with E-state index in [0.29, 0.717) is 16.9 Å². The molecule has 2 aromatic carbocycles. The molecule has 3 N–H and O–H groups in total. The maximum absolute atomic E-state index is 11.9. The van der Waals surface area contributed by atoms with Crippen LogP contribution in [0.25, 0.3) is 0 Å². The van der Waals surface area contributed by atoms with Gasteiger partial charge in [0.15, 0.2) is 0 Å². The molecule has 0 aliphatic carbocycles. The molecule has 0 spiro atoms. The molecular formula is C17H20N2O2. The minimum atomic E-state index is -0.406. The van der Waals surface area contributed by atoms with Crippen LogP contribution in [0.4, 0.5) is 17.1 Å². The first kappa shape index (κ1) is 14.9. The lowest BCUT2D eigenvalue weighted by molar-refractivity contribution is 0.0602. The molecule has 0 aliphatic rings. The van der Waals surface area contributed by atoms with Crippen molar-refractivity contribution in [2.75, 3.05) is 18.2 Å². The first-order valence-electron chi connectivity index (χ1n) is 6.90. The quantitative estimate of drug-likeness (QED) is 0.664. The maximum Gasteiger partial charge on any atom is 0.340 e. The van der Waals surface area contributed by atoms with Gasteiger partial charge in [0.1, 0.15) is 0 Å². The van der Waals surface area contributed by atoms with Crippen molar-refractivity contribution in [2.24, 2.45) is 0 Å². The fraction of sp³-hybridized carbons (Fsp3) is 0.235. The number of carbonyl (C=O) groups is 1. The van der Waals surface area contributed by atoms with Gasteiger partial charge in [-0.15, -0.1) is 0 Å². The van der Waals surface area contributed by atoms with Crippen LogP contribution in [0.3, 0.4) is 0 Å². The summed E-state index contributed by atoms with van der Waals surface area (Å²) in [6, 6.07) is 11.3. The van der Waals surface area contributed by atoms with Crippen LogP contribution in [0.5, 0.6) is 0 Å². The van der Waals surface area contributed by atoms with Crippen molar-refractivity contribution >= 4 is 23.0 Å². The molecule has 0 saturated carbocycles. The van der Waals surface area contributed by atoms with Crippen LogP contribution >= 0.6 is 0 Å². The molecular weight excluding hydrogens is 264 g/mol. The molecule has 0 fully saturated rings. The van der Waals surface area contributed by atoms with E-state index in [1.165, 1.54) is 12.7 Å². The van der Waals surface area contributed by atoms with Gasteiger partial charge in [0.25, 0.3) is 0 Å². The molecule has 0 radical (unpaired) electrons. The topological polar surface area (TPSA) is 64.3 Å². The second-order valence-electron chi connectivity index (χ2n) is 4.85. The number of nitrogen functional groups attached to an aromatic ring is 1. The molecule has 4 nitrogen and oxygen atoms in total. The zero-order valence-electron chi connectivity index (χ0n) is 12.6. The molecule has 21 heavy (non-hydrogen) atoms. The van der Waals surface area contributed by atoms with E-state index in [2.05, 4.69) is 18.3 Å². The molecule has 0 aromatic heterocycles. The van der Waals surface area contributed by atoms with Crippen molar-refractivity contribution in [2.45, 2.75) is 20.3 Å². The number of aryl methyl sites for hydroxylation is 2. The van der Waals surface area contributed by atoms with E-state index >= 15 is 0 Å². The molecule has 0 bridgehead atoms. The van der Waals surface area contributed by atoms with Gasteiger partial charge >= 0.3 is 5.97 Å². The van der Waals surface area contributed by atoms with Crippen molar-refractivity contribution in [3.05, 3.63) is 53.1 Å². The highest BCUT2D eigenvalue weighted by Gasteiger charge is 2.16. The Kier molecular flexibility index (Phi) is 4.48. The molecule has 110 valence electrons. The Morgan fingerprint density at radius 3 is 2.57 bits per heavy atom. The van der Waals surface area contributed by atoms with Gasteiger partial charge in [-0.1, -0.05) is 31.2 Å². The molecule has 2 aromatic rings. The summed E-state index contributed by atoms with van der Waals surface area (Å²) in [5.41, 5.74) is 10.8. The average molecular weight is 284 g/mol. The van der Waals surface area contributed by atoms with Crippen molar-refractivity contribution in [3.63, 3.8) is 0 Å². The molecule has 0 heterocycles. The van der Waals surface area contributed by atoms with E-state index < -0.39 is 5.97 Å². The fourth-order valence-electron chi connectivity index (χ4n) is 2.32. The summed E-state index contributed by atoms with van der Waals surface area (Å²) in [7, 11) is 1.36. The second kappa shape index (κ2) is 6.31. The molecule has 2 rings (SSSR count). The Labute approximate surface area is 124 Å². The van der Waals surface area contributed by atoms with E-state index in [9.17, 15) is 4.79 Å². The zero-order chi connectivity index (χ0) is 15.4. The fourth-order valence-corrected chi connectivity index (χ4v) is 2.32. The highest BCUT2D eigenvalue weighted by Crippen LogP contribution is 2.31. The second-order valence-corrected chi connectivity index (χ2v) is 4.85. The highest BCUT2D eigenvalue weighted by molar-refractivity contribution is 6.00. The van der Waals surface area contributed by atoms with E-state index in [1.807, 2.05) is 19.1 Å². The molecule has 0 unspecified atom stereocenters. The molecule has 0 amide bonds. The van der Waals surface area contributed by atoms with Gasteiger partial charge in [-0.25, -0.2) is 4.79 Å². The number of anilines is 3. The number of hydrogen-bond acceptors (Lipinski definition) is 4. The summed E-state index contributed by atoms with van der Waals surface area (Å²) >= 11 is 0.